The van der Waals surface area contributed by atoms with Crippen molar-refractivity contribution in [2.45, 2.75) is 6.92 Å². The summed E-state index contributed by atoms with van der Waals surface area (Å²) < 4.78 is 4.74. The maximum absolute atomic E-state index is 10.9. The van der Waals surface area contributed by atoms with Gasteiger partial charge in [-0.25, -0.2) is 4.79 Å². The summed E-state index contributed by atoms with van der Waals surface area (Å²) in [6, 6.07) is 0. The highest BCUT2D eigenvalue weighted by molar-refractivity contribution is 7.99. The average Bonchev–Trinajstić information content (AvgIpc) is 2.11. The molecule has 0 unspecified atom stereocenters. The predicted molar refractivity (Wildman–Crippen MR) is 61.7 cm³/mol. The largest absolute Gasteiger partial charge is 0.463 e. The van der Waals surface area contributed by atoms with Gasteiger partial charge in [-0.05, 0) is 21.0 Å². The highest BCUT2D eigenvalue weighted by Gasteiger charge is 1.93. The van der Waals surface area contributed by atoms with E-state index in [9.17, 15) is 4.79 Å². The van der Waals surface area contributed by atoms with Crippen molar-refractivity contribution in [1.29, 1.82) is 0 Å². The van der Waals surface area contributed by atoms with Gasteiger partial charge in [0.15, 0.2) is 0 Å². The first-order valence-corrected chi connectivity index (χ1v) is 5.88. The third-order valence-electron chi connectivity index (χ3n) is 1.44. The van der Waals surface area contributed by atoms with Crippen molar-refractivity contribution in [2.24, 2.45) is 0 Å². The molecular weight excluding hydrogens is 198 g/mol. The molecule has 82 valence electrons. The van der Waals surface area contributed by atoms with Gasteiger partial charge in [0.1, 0.15) is 0 Å². The first-order chi connectivity index (χ1) is 6.66. The number of ether oxygens (including phenoxy) is 1. The van der Waals surface area contributed by atoms with Crippen LogP contribution in [0.4, 0.5) is 0 Å². The number of hydrogen-bond donors (Lipinski definition) is 0. The molecule has 0 N–H and O–H groups in total. The van der Waals surface area contributed by atoms with Gasteiger partial charge in [0.05, 0.1) is 6.61 Å². The van der Waals surface area contributed by atoms with Crippen molar-refractivity contribution in [3.63, 3.8) is 0 Å². The van der Waals surface area contributed by atoms with Gasteiger partial charge in [-0.1, -0.05) is 6.08 Å². The zero-order valence-electron chi connectivity index (χ0n) is 9.16. The second kappa shape index (κ2) is 9.09. The Bertz CT molecular complexity index is 181. The SMILES string of the molecule is CCOC(=O)/C=C/CSCCN(C)C. The Balaban J connectivity index is 3.30. The van der Waals surface area contributed by atoms with Crippen LogP contribution in [-0.4, -0.2) is 49.6 Å². The Kier molecular flexibility index (Phi) is 8.78. The summed E-state index contributed by atoms with van der Waals surface area (Å²) in [5, 5.41) is 0. The lowest BCUT2D eigenvalue weighted by atomic mass is 10.5. The fourth-order valence-corrected chi connectivity index (χ4v) is 1.63. The molecule has 0 aliphatic carbocycles. The monoisotopic (exact) mass is 217 g/mol. The van der Waals surface area contributed by atoms with E-state index in [1.54, 1.807) is 18.7 Å². The number of thioether (sulfide) groups is 1. The van der Waals surface area contributed by atoms with Crippen LogP contribution in [0, 0.1) is 0 Å². The van der Waals surface area contributed by atoms with Gasteiger partial charge < -0.3 is 9.64 Å². The quantitative estimate of drug-likeness (QED) is 0.366. The van der Waals surface area contributed by atoms with E-state index in [1.165, 1.54) is 6.08 Å². The molecular formula is C10H19NO2S. The standard InChI is InChI=1S/C10H19NO2S/c1-4-13-10(12)6-5-8-14-9-7-11(2)3/h5-6H,4,7-9H2,1-3H3/b6-5+. The number of hydrogen-bond acceptors (Lipinski definition) is 4. The van der Waals surface area contributed by atoms with Gasteiger partial charge in [-0.15, -0.1) is 0 Å². The third kappa shape index (κ3) is 9.61. The lowest BCUT2D eigenvalue weighted by molar-refractivity contribution is -0.137. The van der Waals surface area contributed by atoms with Crippen LogP contribution in [0.15, 0.2) is 12.2 Å². The molecule has 14 heavy (non-hydrogen) atoms. The minimum atomic E-state index is -0.249. The number of esters is 1. The average molecular weight is 217 g/mol. The van der Waals surface area contributed by atoms with Crippen LogP contribution in [0.3, 0.4) is 0 Å². The number of carbonyl (C=O) groups is 1. The molecule has 0 fully saturated rings. The molecule has 0 bridgehead atoms. The van der Waals surface area contributed by atoms with Crippen LogP contribution in [0.25, 0.3) is 0 Å². The molecule has 0 rings (SSSR count). The number of nitrogens with zero attached hydrogens (tertiary/aromatic N) is 1. The first kappa shape index (κ1) is 13.5. The molecule has 0 aromatic heterocycles. The van der Waals surface area contributed by atoms with Crippen LogP contribution in [0.1, 0.15) is 6.92 Å². The maximum Gasteiger partial charge on any atom is 0.330 e. The summed E-state index contributed by atoms with van der Waals surface area (Å²) >= 11 is 1.81. The first-order valence-electron chi connectivity index (χ1n) is 4.72. The van der Waals surface area contributed by atoms with Crippen molar-refractivity contribution < 1.29 is 9.53 Å². The summed E-state index contributed by atoms with van der Waals surface area (Å²) in [5.74, 6) is 1.70. The molecule has 0 atom stereocenters. The Labute approximate surface area is 90.5 Å². The van der Waals surface area contributed by atoms with E-state index in [4.69, 9.17) is 4.74 Å². The molecule has 0 aliphatic rings. The number of carbonyl (C=O) groups excluding carboxylic acids is 1. The van der Waals surface area contributed by atoms with E-state index in [1.807, 2.05) is 6.08 Å². The Hall–Kier alpha value is -0.480. The minimum absolute atomic E-state index is 0.249. The molecule has 0 amide bonds. The Morgan fingerprint density at radius 3 is 2.79 bits per heavy atom. The van der Waals surface area contributed by atoms with Crippen LogP contribution in [-0.2, 0) is 9.53 Å². The Morgan fingerprint density at radius 1 is 1.50 bits per heavy atom. The maximum atomic E-state index is 10.9. The van der Waals surface area contributed by atoms with Crippen LogP contribution in [0.2, 0.25) is 0 Å². The zero-order chi connectivity index (χ0) is 10.8. The van der Waals surface area contributed by atoms with E-state index >= 15 is 0 Å². The van der Waals surface area contributed by atoms with E-state index in [-0.39, 0.29) is 5.97 Å². The van der Waals surface area contributed by atoms with Gasteiger partial charge in [0.25, 0.3) is 0 Å². The van der Waals surface area contributed by atoms with Gasteiger partial charge in [0.2, 0.25) is 0 Å². The minimum Gasteiger partial charge on any atom is -0.463 e. The second-order valence-electron chi connectivity index (χ2n) is 3.03. The van der Waals surface area contributed by atoms with Crippen LogP contribution in [0.5, 0.6) is 0 Å². The molecule has 0 aromatic rings. The van der Waals surface area contributed by atoms with Crippen molar-refractivity contribution in [2.75, 3.05) is 38.8 Å². The molecule has 0 spiro atoms. The third-order valence-corrected chi connectivity index (χ3v) is 2.34. The van der Waals surface area contributed by atoms with E-state index in [0.29, 0.717) is 6.61 Å². The van der Waals surface area contributed by atoms with E-state index < -0.39 is 0 Å². The fraction of sp³-hybridized carbons (Fsp3) is 0.700. The highest BCUT2D eigenvalue weighted by Crippen LogP contribution is 2.00. The lowest BCUT2D eigenvalue weighted by Crippen LogP contribution is -2.14. The normalized spacial score (nSPS) is 11.1. The summed E-state index contributed by atoms with van der Waals surface area (Å²) in [4.78, 5) is 13.0. The van der Waals surface area contributed by atoms with E-state index in [2.05, 4.69) is 19.0 Å². The molecule has 0 saturated heterocycles. The highest BCUT2D eigenvalue weighted by atomic mass is 32.2. The molecule has 0 heterocycles. The summed E-state index contributed by atoms with van der Waals surface area (Å²) in [5.41, 5.74) is 0. The van der Waals surface area contributed by atoms with Gasteiger partial charge >= 0.3 is 5.97 Å². The molecule has 4 heteroatoms. The van der Waals surface area contributed by atoms with Crippen LogP contribution >= 0.6 is 11.8 Å². The molecule has 0 aliphatic heterocycles. The van der Waals surface area contributed by atoms with Crippen molar-refractivity contribution >= 4 is 17.7 Å². The van der Waals surface area contributed by atoms with Gasteiger partial charge in [0, 0.05) is 24.1 Å². The lowest BCUT2D eigenvalue weighted by Gasteiger charge is -2.07. The van der Waals surface area contributed by atoms with Crippen LogP contribution < -0.4 is 0 Å². The number of rotatable bonds is 7. The summed E-state index contributed by atoms with van der Waals surface area (Å²) in [6.45, 7) is 3.31. The van der Waals surface area contributed by atoms with E-state index in [0.717, 1.165) is 18.1 Å². The fourth-order valence-electron chi connectivity index (χ4n) is 0.733. The second-order valence-corrected chi connectivity index (χ2v) is 4.18. The summed E-state index contributed by atoms with van der Waals surface area (Å²) in [7, 11) is 4.10. The van der Waals surface area contributed by atoms with Crippen molar-refractivity contribution in [1.82, 2.24) is 4.90 Å². The van der Waals surface area contributed by atoms with Gasteiger partial charge in [-0.2, -0.15) is 11.8 Å². The predicted octanol–water partition coefficient (Wildman–Crippen LogP) is 1.40. The summed E-state index contributed by atoms with van der Waals surface area (Å²) in [6.07, 6.45) is 3.34. The smallest absolute Gasteiger partial charge is 0.330 e. The molecule has 0 saturated carbocycles. The molecule has 0 radical (unpaired) electrons. The van der Waals surface area contributed by atoms with Crippen molar-refractivity contribution in [3.8, 4) is 0 Å². The molecule has 0 aromatic carbocycles. The zero-order valence-corrected chi connectivity index (χ0v) is 9.97. The van der Waals surface area contributed by atoms with Gasteiger partial charge in [-0.3, -0.25) is 0 Å². The topological polar surface area (TPSA) is 29.5 Å². The molecule has 3 nitrogen and oxygen atoms in total. The van der Waals surface area contributed by atoms with Crippen molar-refractivity contribution in [3.05, 3.63) is 12.2 Å². The Morgan fingerprint density at radius 2 is 2.21 bits per heavy atom.